The van der Waals surface area contributed by atoms with Gasteiger partial charge in [0.05, 0.1) is 13.2 Å². The molecule has 4 nitrogen and oxygen atoms in total. The average molecular weight is 362 g/mol. The van der Waals surface area contributed by atoms with Crippen LogP contribution in [0, 0.1) is 6.92 Å². The predicted octanol–water partition coefficient (Wildman–Crippen LogP) is 4.69. The van der Waals surface area contributed by atoms with E-state index in [9.17, 15) is 4.79 Å². The quantitative estimate of drug-likeness (QED) is 0.778. The van der Waals surface area contributed by atoms with Crippen molar-refractivity contribution in [2.75, 3.05) is 7.11 Å². The normalized spacial score (nSPS) is 13.0. The van der Waals surface area contributed by atoms with Crippen molar-refractivity contribution in [2.45, 2.75) is 39.3 Å². The number of halogens is 1. The summed E-state index contributed by atoms with van der Waals surface area (Å²) in [5.41, 5.74) is 1.92. The molecular formula is C20H24ClNO3. The molecule has 1 N–H and O–H groups in total. The molecule has 0 radical (unpaired) electrons. The van der Waals surface area contributed by atoms with Crippen LogP contribution in [0.4, 0.5) is 0 Å². The first-order chi connectivity index (χ1) is 11.9. The van der Waals surface area contributed by atoms with E-state index in [2.05, 4.69) is 5.32 Å². The smallest absolute Gasteiger partial charge is 0.261 e. The Kier molecular flexibility index (Phi) is 6.71. The zero-order valence-electron chi connectivity index (χ0n) is 15.0. The van der Waals surface area contributed by atoms with Crippen LogP contribution in [0.25, 0.3) is 0 Å². The molecule has 2 atom stereocenters. The van der Waals surface area contributed by atoms with Crippen LogP contribution in [0.5, 0.6) is 11.5 Å². The van der Waals surface area contributed by atoms with Crippen molar-refractivity contribution in [3.63, 3.8) is 0 Å². The first kappa shape index (κ1) is 19.1. The van der Waals surface area contributed by atoms with E-state index in [1.54, 1.807) is 19.2 Å². The molecule has 0 aliphatic heterocycles. The third kappa shape index (κ3) is 5.13. The summed E-state index contributed by atoms with van der Waals surface area (Å²) < 4.78 is 11.0. The van der Waals surface area contributed by atoms with Crippen LogP contribution in [0.1, 0.15) is 37.4 Å². The lowest BCUT2D eigenvalue weighted by Gasteiger charge is -2.21. The SMILES string of the molecule is CC[C@@H](Oc1ccc(Cl)c(C)c1)C(=O)N[C@H](C)c1ccc(OC)cc1. The Morgan fingerprint density at radius 1 is 1.16 bits per heavy atom. The van der Waals surface area contributed by atoms with Crippen molar-refractivity contribution in [3.8, 4) is 11.5 Å². The highest BCUT2D eigenvalue weighted by Gasteiger charge is 2.21. The summed E-state index contributed by atoms with van der Waals surface area (Å²) in [6, 6.07) is 12.9. The number of ether oxygens (including phenoxy) is 2. The molecule has 5 heteroatoms. The van der Waals surface area contributed by atoms with Crippen LogP contribution in [0.2, 0.25) is 5.02 Å². The molecule has 25 heavy (non-hydrogen) atoms. The average Bonchev–Trinajstić information content (AvgIpc) is 2.62. The molecule has 0 aliphatic carbocycles. The minimum absolute atomic E-state index is 0.122. The minimum Gasteiger partial charge on any atom is -0.497 e. The first-order valence-electron chi connectivity index (χ1n) is 8.31. The van der Waals surface area contributed by atoms with Crippen LogP contribution >= 0.6 is 11.6 Å². The number of benzene rings is 2. The van der Waals surface area contributed by atoms with Gasteiger partial charge < -0.3 is 14.8 Å². The van der Waals surface area contributed by atoms with Gasteiger partial charge in [-0.25, -0.2) is 0 Å². The van der Waals surface area contributed by atoms with Gasteiger partial charge in [0.2, 0.25) is 0 Å². The number of rotatable bonds is 7. The first-order valence-corrected chi connectivity index (χ1v) is 8.69. The van der Waals surface area contributed by atoms with Crippen molar-refractivity contribution in [3.05, 3.63) is 58.6 Å². The number of nitrogens with one attached hydrogen (secondary N) is 1. The van der Waals surface area contributed by atoms with E-state index in [1.165, 1.54) is 0 Å². The molecule has 2 aromatic carbocycles. The summed E-state index contributed by atoms with van der Waals surface area (Å²) in [6.07, 6.45) is 0.0179. The van der Waals surface area contributed by atoms with Gasteiger partial charge in [-0.2, -0.15) is 0 Å². The third-order valence-corrected chi connectivity index (χ3v) is 4.47. The van der Waals surface area contributed by atoms with Gasteiger partial charge in [-0.1, -0.05) is 30.7 Å². The van der Waals surface area contributed by atoms with E-state index >= 15 is 0 Å². The Morgan fingerprint density at radius 2 is 1.80 bits per heavy atom. The zero-order chi connectivity index (χ0) is 18.4. The molecule has 0 fully saturated rings. The van der Waals surface area contributed by atoms with Gasteiger partial charge >= 0.3 is 0 Å². The standard InChI is InChI=1S/C20H24ClNO3/c1-5-19(25-17-10-11-18(21)13(2)12-17)20(23)22-14(3)15-6-8-16(24-4)9-7-15/h6-12,14,19H,5H2,1-4H3,(H,22,23)/t14-,19-/m1/s1. The van der Waals surface area contributed by atoms with Crippen LogP contribution in [0.3, 0.4) is 0 Å². The maximum Gasteiger partial charge on any atom is 0.261 e. The lowest BCUT2D eigenvalue weighted by Crippen LogP contribution is -2.39. The summed E-state index contributed by atoms with van der Waals surface area (Å²) in [6.45, 7) is 5.77. The lowest BCUT2D eigenvalue weighted by molar-refractivity contribution is -0.128. The van der Waals surface area contributed by atoms with Gasteiger partial charge in [0, 0.05) is 5.02 Å². The number of aryl methyl sites for hydroxylation is 1. The van der Waals surface area contributed by atoms with Crippen LogP contribution in [0.15, 0.2) is 42.5 Å². The fraction of sp³-hybridized carbons (Fsp3) is 0.350. The summed E-state index contributed by atoms with van der Waals surface area (Å²) in [5.74, 6) is 1.29. The van der Waals surface area contributed by atoms with Crippen molar-refractivity contribution in [2.24, 2.45) is 0 Å². The number of amides is 1. The third-order valence-electron chi connectivity index (χ3n) is 4.05. The molecule has 134 valence electrons. The second-order valence-electron chi connectivity index (χ2n) is 5.93. The Morgan fingerprint density at radius 3 is 2.36 bits per heavy atom. The second kappa shape index (κ2) is 8.77. The number of carbonyl (C=O) groups is 1. The summed E-state index contributed by atoms with van der Waals surface area (Å²) >= 11 is 6.03. The monoisotopic (exact) mass is 361 g/mol. The topological polar surface area (TPSA) is 47.6 Å². The number of carbonyl (C=O) groups excluding carboxylic acids is 1. The van der Waals surface area contributed by atoms with Crippen molar-refractivity contribution >= 4 is 17.5 Å². The number of methoxy groups -OCH3 is 1. The predicted molar refractivity (Wildman–Crippen MR) is 100 cm³/mol. The van der Waals surface area contributed by atoms with Gasteiger partial charge in [-0.3, -0.25) is 4.79 Å². The van der Waals surface area contributed by atoms with Gasteiger partial charge in [-0.05, 0) is 61.7 Å². The molecule has 2 aromatic rings. The fourth-order valence-corrected chi connectivity index (χ4v) is 2.58. The van der Waals surface area contributed by atoms with Gasteiger partial charge in [0.15, 0.2) is 6.10 Å². The molecule has 0 saturated carbocycles. The molecule has 0 unspecified atom stereocenters. The Hall–Kier alpha value is -2.20. The Labute approximate surface area is 154 Å². The highest BCUT2D eigenvalue weighted by atomic mass is 35.5. The zero-order valence-corrected chi connectivity index (χ0v) is 15.8. The Bertz CT molecular complexity index is 715. The number of hydrogen-bond acceptors (Lipinski definition) is 3. The summed E-state index contributed by atoms with van der Waals surface area (Å²) in [5, 5.41) is 3.68. The molecule has 0 saturated heterocycles. The maximum atomic E-state index is 12.6. The van der Waals surface area contributed by atoms with Gasteiger partial charge in [0.1, 0.15) is 11.5 Å². The van der Waals surface area contributed by atoms with E-state index in [0.717, 1.165) is 16.9 Å². The lowest BCUT2D eigenvalue weighted by atomic mass is 10.1. The molecule has 0 aromatic heterocycles. The molecule has 0 spiro atoms. The molecule has 0 heterocycles. The molecule has 0 aliphatic rings. The largest absolute Gasteiger partial charge is 0.497 e. The molecule has 1 amide bonds. The van der Waals surface area contributed by atoms with E-state index in [1.807, 2.05) is 51.1 Å². The van der Waals surface area contributed by atoms with E-state index in [0.29, 0.717) is 17.2 Å². The number of hydrogen-bond donors (Lipinski definition) is 1. The second-order valence-corrected chi connectivity index (χ2v) is 6.34. The van der Waals surface area contributed by atoms with Crippen LogP contribution in [-0.4, -0.2) is 19.1 Å². The molecular weight excluding hydrogens is 338 g/mol. The van der Waals surface area contributed by atoms with E-state index < -0.39 is 6.10 Å². The van der Waals surface area contributed by atoms with Gasteiger partial charge in [0.25, 0.3) is 5.91 Å². The summed E-state index contributed by atoms with van der Waals surface area (Å²) in [4.78, 5) is 12.6. The summed E-state index contributed by atoms with van der Waals surface area (Å²) in [7, 11) is 1.63. The van der Waals surface area contributed by atoms with Crippen molar-refractivity contribution in [1.29, 1.82) is 0 Å². The van der Waals surface area contributed by atoms with Crippen LogP contribution < -0.4 is 14.8 Å². The molecule has 0 bridgehead atoms. The highest BCUT2D eigenvalue weighted by molar-refractivity contribution is 6.31. The Balaban J connectivity index is 2.01. The highest BCUT2D eigenvalue weighted by Crippen LogP contribution is 2.23. The fourth-order valence-electron chi connectivity index (χ4n) is 2.46. The maximum absolute atomic E-state index is 12.6. The van der Waals surface area contributed by atoms with E-state index in [4.69, 9.17) is 21.1 Å². The van der Waals surface area contributed by atoms with Crippen molar-refractivity contribution in [1.82, 2.24) is 5.32 Å². The minimum atomic E-state index is -0.554. The van der Waals surface area contributed by atoms with Crippen LogP contribution in [-0.2, 0) is 4.79 Å². The van der Waals surface area contributed by atoms with Crippen molar-refractivity contribution < 1.29 is 14.3 Å². The van der Waals surface area contributed by atoms with Gasteiger partial charge in [-0.15, -0.1) is 0 Å². The van der Waals surface area contributed by atoms with E-state index in [-0.39, 0.29) is 11.9 Å². The molecule has 2 rings (SSSR count).